The molecule has 0 aromatic heterocycles. The van der Waals surface area contributed by atoms with Crippen LogP contribution in [0.2, 0.25) is 0 Å². The monoisotopic (exact) mass is 382 g/mol. The summed E-state index contributed by atoms with van der Waals surface area (Å²) in [5.41, 5.74) is 0. The van der Waals surface area contributed by atoms with Gasteiger partial charge in [-0.25, -0.2) is 0 Å². The van der Waals surface area contributed by atoms with Crippen molar-refractivity contribution in [1.82, 2.24) is 0 Å². The lowest BCUT2D eigenvalue weighted by Gasteiger charge is -2.26. The summed E-state index contributed by atoms with van der Waals surface area (Å²) in [6, 6.07) is 0. The Kier molecular flexibility index (Phi) is 11.9. The standard InChI is InChI=1S/C16H30O10/c1-18-7-23-13-11(6-12(17)22-5)14(24-8-19-2)16(26-10-21-4)15(13)25-9-20-3/h11,13-16H,6-10H2,1-5H3/t11?,13-,14+,15-,16+. The van der Waals surface area contributed by atoms with Crippen LogP contribution in [0.25, 0.3) is 0 Å². The van der Waals surface area contributed by atoms with Crippen molar-refractivity contribution >= 4 is 5.97 Å². The van der Waals surface area contributed by atoms with Crippen molar-refractivity contribution in [3.63, 3.8) is 0 Å². The number of esters is 1. The highest BCUT2D eigenvalue weighted by Crippen LogP contribution is 2.38. The molecule has 0 amide bonds. The molecule has 0 N–H and O–H groups in total. The van der Waals surface area contributed by atoms with Crippen LogP contribution < -0.4 is 0 Å². The first-order chi connectivity index (χ1) is 12.6. The molecule has 154 valence electrons. The summed E-state index contributed by atoms with van der Waals surface area (Å²) in [5.74, 6) is -0.804. The third-order valence-corrected chi connectivity index (χ3v) is 3.96. The lowest BCUT2D eigenvalue weighted by molar-refractivity contribution is -0.201. The zero-order valence-electron chi connectivity index (χ0n) is 16.0. The maximum absolute atomic E-state index is 11.9. The average Bonchev–Trinajstić information content (AvgIpc) is 2.92. The Bertz CT molecular complexity index is 354. The van der Waals surface area contributed by atoms with Crippen LogP contribution >= 0.6 is 0 Å². The van der Waals surface area contributed by atoms with E-state index in [1.54, 1.807) is 0 Å². The fourth-order valence-electron chi connectivity index (χ4n) is 2.96. The van der Waals surface area contributed by atoms with E-state index in [0.717, 1.165) is 0 Å². The average molecular weight is 382 g/mol. The molecule has 0 aromatic rings. The van der Waals surface area contributed by atoms with Crippen molar-refractivity contribution in [3.8, 4) is 0 Å². The van der Waals surface area contributed by atoms with Gasteiger partial charge in [0, 0.05) is 34.4 Å². The number of hydrogen-bond donors (Lipinski definition) is 0. The van der Waals surface area contributed by atoms with E-state index < -0.39 is 36.3 Å². The summed E-state index contributed by atoms with van der Waals surface area (Å²) in [6.07, 6.45) is -2.19. The molecule has 0 aliphatic heterocycles. The van der Waals surface area contributed by atoms with E-state index in [-0.39, 0.29) is 33.6 Å². The van der Waals surface area contributed by atoms with Crippen LogP contribution in [0, 0.1) is 5.92 Å². The van der Waals surface area contributed by atoms with E-state index in [4.69, 9.17) is 42.6 Å². The molecule has 5 atom stereocenters. The zero-order chi connectivity index (χ0) is 19.4. The van der Waals surface area contributed by atoms with Gasteiger partial charge in [-0.15, -0.1) is 0 Å². The minimum atomic E-state index is -0.572. The summed E-state index contributed by atoms with van der Waals surface area (Å²) in [4.78, 5) is 11.9. The molecule has 0 aromatic carbocycles. The van der Waals surface area contributed by atoms with Crippen molar-refractivity contribution in [2.45, 2.75) is 30.8 Å². The molecule has 0 bridgehead atoms. The predicted molar refractivity (Wildman–Crippen MR) is 87.1 cm³/mol. The number of carbonyl (C=O) groups is 1. The molecule has 0 saturated heterocycles. The van der Waals surface area contributed by atoms with Crippen molar-refractivity contribution < 1.29 is 47.4 Å². The van der Waals surface area contributed by atoms with Crippen molar-refractivity contribution in [1.29, 1.82) is 0 Å². The maximum Gasteiger partial charge on any atom is 0.305 e. The molecule has 1 saturated carbocycles. The van der Waals surface area contributed by atoms with Crippen molar-refractivity contribution in [2.75, 3.05) is 62.7 Å². The topological polar surface area (TPSA) is 100 Å². The zero-order valence-corrected chi connectivity index (χ0v) is 16.0. The second kappa shape index (κ2) is 13.3. The number of rotatable bonds is 14. The van der Waals surface area contributed by atoms with Gasteiger partial charge in [0.2, 0.25) is 0 Å². The molecule has 1 fully saturated rings. The van der Waals surface area contributed by atoms with Crippen molar-refractivity contribution in [2.24, 2.45) is 5.92 Å². The van der Waals surface area contributed by atoms with Gasteiger partial charge in [0.25, 0.3) is 0 Å². The van der Waals surface area contributed by atoms with Crippen LogP contribution in [-0.2, 0) is 47.4 Å². The van der Waals surface area contributed by atoms with Crippen LogP contribution in [0.3, 0.4) is 0 Å². The first kappa shape index (κ1) is 23.2. The highest BCUT2D eigenvalue weighted by atomic mass is 16.7. The van der Waals surface area contributed by atoms with Gasteiger partial charge in [0.15, 0.2) is 0 Å². The Morgan fingerprint density at radius 3 is 1.27 bits per heavy atom. The molecular formula is C16H30O10. The van der Waals surface area contributed by atoms with Crippen LogP contribution in [0.4, 0.5) is 0 Å². The van der Waals surface area contributed by atoms with Gasteiger partial charge in [-0.1, -0.05) is 0 Å². The first-order valence-corrected chi connectivity index (χ1v) is 8.13. The van der Waals surface area contributed by atoms with Gasteiger partial charge in [0.1, 0.15) is 39.4 Å². The van der Waals surface area contributed by atoms with E-state index in [2.05, 4.69) is 0 Å². The SMILES string of the molecule is COCO[C@@H]1[C@H](OCOC)[C@H](OCOC)C(CC(=O)OC)[C@@H]1OCOC. The summed E-state index contributed by atoms with van der Waals surface area (Å²) >= 11 is 0. The van der Waals surface area contributed by atoms with Gasteiger partial charge in [-0.05, 0) is 0 Å². The number of carbonyl (C=O) groups excluding carboxylic acids is 1. The largest absolute Gasteiger partial charge is 0.469 e. The second-order valence-corrected chi connectivity index (χ2v) is 5.60. The third-order valence-electron chi connectivity index (χ3n) is 3.96. The molecule has 26 heavy (non-hydrogen) atoms. The molecule has 1 aliphatic rings. The highest BCUT2D eigenvalue weighted by molar-refractivity contribution is 5.69. The quantitative estimate of drug-likeness (QED) is 0.304. The van der Waals surface area contributed by atoms with Crippen LogP contribution in [0.15, 0.2) is 0 Å². The van der Waals surface area contributed by atoms with E-state index in [1.165, 1.54) is 35.5 Å². The fourth-order valence-corrected chi connectivity index (χ4v) is 2.96. The predicted octanol–water partition coefficient (Wildman–Crippen LogP) is 0.136. The Labute approximate surface area is 153 Å². The van der Waals surface area contributed by atoms with Gasteiger partial charge in [0.05, 0.1) is 25.7 Å². The number of methoxy groups -OCH3 is 5. The lowest BCUT2D eigenvalue weighted by Crippen LogP contribution is -2.40. The van der Waals surface area contributed by atoms with Gasteiger partial charge in [-0.3, -0.25) is 4.79 Å². The van der Waals surface area contributed by atoms with E-state index in [9.17, 15) is 4.79 Å². The van der Waals surface area contributed by atoms with Gasteiger partial charge in [-0.2, -0.15) is 0 Å². The molecule has 10 nitrogen and oxygen atoms in total. The summed E-state index contributed by atoms with van der Waals surface area (Å²) < 4.78 is 48.0. The van der Waals surface area contributed by atoms with E-state index in [1.807, 2.05) is 0 Å². The first-order valence-electron chi connectivity index (χ1n) is 8.13. The molecule has 0 spiro atoms. The molecule has 1 unspecified atom stereocenters. The molecule has 10 heteroatoms. The van der Waals surface area contributed by atoms with E-state index in [0.29, 0.717) is 0 Å². The third kappa shape index (κ3) is 6.71. The Balaban J connectivity index is 3.09. The summed E-state index contributed by atoms with van der Waals surface area (Å²) in [6.45, 7) is 0.0743. The molecule has 1 aliphatic carbocycles. The van der Waals surface area contributed by atoms with Crippen molar-refractivity contribution in [3.05, 3.63) is 0 Å². The fraction of sp³-hybridized carbons (Fsp3) is 0.938. The van der Waals surface area contributed by atoms with E-state index >= 15 is 0 Å². The van der Waals surface area contributed by atoms with Crippen LogP contribution in [0.5, 0.6) is 0 Å². The van der Waals surface area contributed by atoms with Crippen LogP contribution in [0.1, 0.15) is 6.42 Å². The molecular weight excluding hydrogens is 352 g/mol. The Morgan fingerprint density at radius 2 is 0.962 bits per heavy atom. The number of ether oxygens (including phenoxy) is 9. The number of hydrogen-bond acceptors (Lipinski definition) is 10. The molecule has 0 heterocycles. The van der Waals surface area contributed by atoms with Gasteiger partial charge < -0.3 is 42.6 Å². The maximum atomic E-state index is 11.9. The smallest absolute Gasteiger partial charge is 0.305 e. The van der Waals surface area contributed by atoms with Crippen LogP contribution in [-0.4, -0.2) is 93.1 Å². The Hall–Kier alpha value is -0.850. The van der Waals surface area contributed by atoms with Gasteiger partial charge >= 0.3 is 5.97 Å². The minimum Gasteiger partial charge on any atom is -0.469 e. The highest BCUT2D eigenvalue weighted by Gasteiger charge is 2.54. The minimum absolute atomic E-state index is 0.0170. The molecule has 1 rings (SSSR count). The lowest BCUT2D eigenvalue weighted by atomic mass is 9.99. The summed E-state index contributed by atoms with van der Waals surface area (Å²) in [5, 5.41) is 0. The molecule has 0 radical (unpaired) electrons. The Morgan fingerprint density at radius 1 is 0.615 bits per heavy atom. The second-order valence-electron chi connectivity index (χ2n) is 5.60. The summed E-state index contributed by atoms with van der Waals surface area (Å²) in [7, 11) is 7.36. The normalized spacial score (nSPS) is 28.4.